The smallest absolute Gasteiger partial charge is 0.291 e. The molecule has 4 rings (SSSR count). The van der Waals surface area contributed by atoms with Gasteiger partial charge in [0.2, 0.25) is 5.82 Å². The standard InChI is InChI=1S/C21H22N4O/c26-21(20-23-10-3-11-24-20)25-12-2-4-16(8-13-25)14-17-6-7-19-18(15-17)5-1-9-22-19/h1,3,5-7,9-11,15-16H,2,4,8,12-14H2/t16-/m0/s1. The van der Waals surface area contributed by atoms with Crippen LogP contribution in [0.25, 0.3) is 10.9 Å². The highest BCUT2D eigenvalue weighted by molar-refractivity contribution is 5.90. The summed E-state index contributed by atoms with van der Waals surface area (Å²) in [6.07, 6.45) is 9.31. The summed E-state index contributed by atoms with van der Waals surface area (Å²) in [7, 11) is 0. The molecule has 5 heteroatoms. The molecule has 1 amide bonds. The van der Waals surface area contributed by atoms with Gasteiger partial charge >= 0.3 is 0 Å². The SMILES string of the molecule is O=C(c1ncccn1)N1CCC[C@H](Cc2ccc3ncccc3c2)CC1. The molecule has 0 saturated carbocycles. The van der Waals surface area contributed by atoms with Crippen molar-refractivity contribution in [2.75, 3.05) is 13.1 Å². The minimum atomic E-state index is -0.0528. The highest BCUT2D eigenvalue weighted by Gasteiger charge is 2.23. The third-order valence-corrected chi connectivity index (χ3v) is 5.08. The summed E-state index contributed by atoms with van der Waals surface area (Å²) in [4.78, 5) is 27.0. The predicted octanol–water partition coefficient (Wildman–Crippen LogP) is 3.51. The first-order valence-electron chi connectivity index (χ1n) is 9.19. The number of fused-ring (bicyclic) bond motifs is 1. The highest BCUT2D eigenvalue weighted by atomic mass is 16.2. The monoisotopic (exact) mass is 346 g/mol. The lowest BCUT2D eigenvalue weighted by molar-refractivity contribution is 0.0747. The molecule has 0 bridgehead atoms. The summed E-state index contributed by atoms with van der Waals surface area (Å²) in [5, 5.41) is 1.19. The fraction of sp³-hybridized carbons (Fsp3) is 0.333. The van der Waals surface area contributed by atoms with E-state index >= 15 is 0 Å². The molecular weight excluding hydrogens is 324 g/mol. The molecule has 1 saturated heterocycles. The summed E-state index contributed by atoms with van der Waals surface area (Å²) in [5.74, 6) is 0.842. The first-order chi connectivity index (χ1) is 12.8. The third kappa shape index (κ3) is 3.72. The largest absolute Gasteiger partial charge is 0.336 e. The third-order valence-electron chi connectivity index (χ3n) is 5.08. The van der Waals surface area contributed by atoms with E-state index in [2.05, 4.69) is 39.2 Å². The average molecular weight is 346 g/mol. The Morgan fingerprint density at radius 2 is 1.85 bits per heavy atom. The number of carbonyl (C=O) groups is 1. The molecule has 1 aliphatic heterocycles. The Balaban J connectivity index is 1.41. The van der Waals surface area contributed by atoms with Crippen LogP contribution in [0.5, 0.6) is 0 Å². The lowest BCUT2D eigenvalue weighted by Crippen LogP contribution is -2.33. The second kappa shape index (κ2) is 7.60. The maximum atomic E-state index is 12.6. The summed E-state index contributed by atoms with van der Waals surface area (Å²) in [5.41, 5.74) is 2.39. The topological polar surface area (TPSA) is 59.0 Å². The molecule has 0 unspecified atom stereocenters. The fourth-order valence-electron chi connectivity index (χ4n) is 3.71. The summed E-state index contributed by atoms with van der Waals surface area (Å²) >= 11 is 0. The average Bonchev–Trinajstić information content (AvgIpc) is 2.93. The molecule has 2 aromatic heterocycles. The summed E-state index contributed by atoms with van der Waals surface area (Å²) < 4.78 is 0. The van der Waals surface area contributed by atoms with Gasteiger partial charge in [0.15, 0.2) is 0 Å². The van der Waals surface area contributed by atoms with Crippen molar-refractivity contribution in [3.63, 3.8) is 0 Å². The number of hydrogen-bond acceptors (Lipinski definition) is 4. The molecule has 5 nitrogen and oxygen atoms in total. The Morgan fingerprint density at radius 3 is 2.73 bits per heavy atom. The van der Waals surface area contributed by atoms with Crippen molar-refractivity contribution in [3.8, 4) is 0 Å². The van der Waals surface area contributed by atoms with Crippen molar-refractivity contribution in [1.82, 2.24) is 19.9 Å². The van der Waals surface area contributed by atoms with E-state index in [0.29, 0.717) is 11.7 Å². The van der Waals surface area contributed by atoms with Crippen LogP contribution in [-0.4, -0.2) is 38.8 Å². The Labute approximate surface area is 153 Å². The number of benzene rings is 1. The molecule has 3 heterocycles. The van der Waals surface area contributed by atoms with Crippen LogP contribution in [0, 0.1) is 5.92 Å². The Bertz CT molecular complexity index is 897. The highest BCUT2D eigenvalue weighted by Crippen LogP contribution is 2.24. The minimum Gasteiger partial charge on any atom is -0.336 e. The zero-order valence-electron chi connectivity index (χ0n) is 14.7. The Hall–Kier alpha value is -2.82. The molecule has 3 aromatic rings. The van der Waals surface area contributed by atoms with Crippen molar-refractivity contribution < 1.29 is 4.79 Å². The van der Waals surface area contributed by atoms with Crippen molar-refractivity contribution in [2.45, 2.75) is 25.7 Å². The molecule has 0 spiro atoms. The molecule has 1 aliphatic rings. The fourth-order valence-corrected chi connectivity index (χ4v) is 3.71. The summed E-state index contributed by atoms with van der Waals surface area (Å²) in [6.45, 7) is 1.56. The van der Waals surface area contributed by atoms with Crippen LogP contribution in [0.15, 0.2) is 55.0 Å². The number of carbonyl (C=O) groups excluding carboxylic acids is 1. The van der Waals surface area contributed by atoms with Gasteiger partial charge in [0, 0.05) is 37.1 Å². The van der Waals surface area contributed by atoms with Gasteiger partial charge in [0.05, 0.1) is 5.52 Å². The van der Waals surface area contributed by atoms with Gasteiger partial charge in [-0.05, 0) is 61.4 Å². The molecule has 1 fully saturated rings. The second-order valence-electron chi connectivity index (χ2n) is 6.90. The first kappa shape index (κ1) is 16.6. The number of rotatable bonds is 3. The van der Waals surface area contributed by atoms with E-state index in [1.54, 1.807) is 18.5 Å². The normalized spacial score (nSPS) is 17.8. The maximum Gasteiger partial charge on any atom is 0.291 e. The number of hydrogen-bond donors (Lipinski definition) is 0. The number of likely N-dealkylation sites (tertiary alicyclic amines) is 1. The molecule has 0 radical (unpaired) electrons. The van der Waals surface area contributed by atoms with E-state index in [9.17, 15) is 4.79 Å². The molecule has 132 valence electrons. The van der Waals surface area contributed by atoms with Crippen LogP contribution in [0.3, 0.4) is 0 Å². The Kier molecular flexibility index (Phi) is 4.86. The number of amides is 1. The lowest BCUT2D eigenvalue weighted by atomic mass is 9.92. The minimum absolute atomic E-state index is 0.0528. The first-order valence-corrected chi connectivity index (χ1v) is 9.19. The van der Waals surface area contributed by atoms with Gasteiger partial charge in [0.25, 0.3) is 5.91 Å². The van der Waals surface area contributed by atoms with E-state index in [1.807, 2.05) is 17.2 Å². The second-order valence-corrected chi connectivity index (χ2v) is 6.90. The molecule has 0 N–H and O–H groups in total. The Morgan fingerprint density at radius 1 is 1.00 bits per heavy atom. The number of aromatic nitrogens is 3. The molecule has 0 aliphatic carbocycles. The van der Waals surface area contributed by atoms with Crippen molar-refractivity contribution in [1.29, 1.82) is 0 Å². The van der Waals surface area contributed by atoms with E-state index in [1.165, 1.54) is 10.9 Å². The van der Waals surface area contributed by atoms with Crippen LogP contribution in [0.4, 0.5) is 0 Å². The molecule has 1 aromatic carbocycles. The number of nitrogens with zero attached hydrogens (tertiary/aromatic N) is 4. The quantitative estimate of drug-likeness (QED) is 0.728. The predicted molar refractivity (Wildman–Crippen MR) is 101 cm³/mol. The van der Waals surface area contributed by atoms with Gasteiger partial charge in [-0.2, -0.15) is 0 Å². The maximum absolute atomic E-state index is 12.6. The van der Waals surface area contributed by atoms with Gasteiger partial charge in [-0.3, -0.25) is 9.78 Å². The van der Waals surface area contributed by atoms with Gasteiger partial charge in [-0.1, -0.05) is 12.1 Å². The van der Waals surface area contributed by atoms with Crippen LogP contribution in [-0.2, 0) is 6.42 Å². The van der Waals surface area contributed by atoms with Gasteiger partial charge < -0.3 is 4.90 Å². The van der Waals surface area contributed by atoms with Gasteiger partial charge in [0.1, 0.15) is 0 Å². The lowest BCUT2D eigenvalue weighted by Gasteiger charge is -2.19. The van der Waals surface area contributed by atoms with Gasteiger partial charge in [-0.15, -0.1) is 0 Å². The van der Waals surface area contributed by atoms with E-state index in [-0.39, 0.29) is 5.91 Å². The van der Waals surface area contributed by atoms with Crippen molar-refractivity contribution in [3.05, 3.63) is 66.4 Å². The molecule has 26 heavy (non-hydrogen) atoms. The summed E-state index contributed by atoms with van der Waals surface area (Å²) in [6, 6.07) is 12.3. The molecule has 1 atom stereocenters. The van der Waals surface area contributed by atoms with Crippen LogP contribution in [0.1, 0.15) is 35.4 Å². The zero-order chi connectivity index (χ0) is 17.8. The van der Waals surface area contributed by atoms with E-state index < -0.39 is 0 Å². The van der Waals surface area contributed by atoms with Crippen molar-refractivity contribution in [2.24, 2.45) is 5.92 Å². The van der Waals surface area contributed by atoms with Crippen LogP contribution in [0.2, 0.25) is 0 Å². The number of pyridine rings is 1. The van der Waals surface area contributed by atoms with Crippen molar-refractivity contribution >= 4 is 16.8 Å². The van der Waals surface area contributed by atoms with E-state index in [4.69, 9.17) is 0 Å². The van der Waals surface area contributed by atoms with Gasteiger partial charge in [-0.25, -0.2) is 9.97 Å². The van der Waals surface area contributed by atoms with Crippen LogP contribution < -0.4 is 0 Å². The zero-order valence-corrected chi connectivity index (χ0v) is 14.7. The van der Waals surface area contributed by atoms with Crippen LogP contribution >= 0.6 is 0 Å². The molecular formula is C21H22N4O. The van der Waals surface area contributed by atoms with E-state index in [0.717, 1.165) is 44.3 Å².